The number of nitrogens with zero attached hydrogens (tertiary/aromatic N) is 3. The van der Waals surface area contributed by atoms with E-state index in [9.17, 15) is 4.79 Å². The van der Waals surface area contributed by atoms with E-state index in [-0.39, 0.29) is 16.5 Å². The number of anilines is 2. The summed E-state index contributed by atoms with van der Waals surface area (Å²) >= 11 is 13.1. The summed E-state index contributed by atoms with van der Waals surface area (Å²) in [5.74, 6) is -0.120. The lowest BCUT2D eigenvalue weighted by Crippen LogP contribution is -2.16. The Morgan fingerprint density at radius 1 is 1.40 bits per heavy atom. The summed E-state index contributed by atoms with van der Waals surface area (Å²) in [4.78, 5) is 23.7. The normalized spacial score (nSPS) is 10.3. The van der Waals surface area contributed by atoms with Crippen molar-refractivity contribution in [2.24, 2.45) is 5.73 Å². The van der Waals surface area contributed by atoms with Crippen LogP contribution in [0.5, 0.6) is 0 Å². The second kappa shape index (κ2) is 6.25. The number of hydrogen-bond acceptors (Lipinski definition) is 6. The molecule has 1 amide bonds. The van der Waals surface area contributed by atoms with Crippen LogP contribution in [0.4, 0.5) is 11.6 Å². The Morgan fingerprint density at radius 2 is 2.15 bits per heavy atom. The first-order chi connectivity index (χ1) is 9.51. The SMILES string of the molecule is CSc1nc(Cl)c(C(N)=O)c(Nc2cc(Cl)ccn2)n1. The van der Waals surface area contributed by atoms with E-state index in [0.29, 0.717) is 16.0 Å². The fourth-order valence-corrected chi connectivity index (χ4v) is 2.25. The van der Waals surface area contributed by atoms with Gasteiger partial charge in [0.1, 0.15) is 16.5 Å². The zero-order valence-corrected chi connectivity index (χ0v) is 12.6. The molecule has 2 heterocycles. The molecule has 0 aromatic carbocycles. The first kappa shape index (κ1) is 14.8. The smallest absolute Gasteiger partial charge is 0.255 e. The van der Waals surface area contributed by atoms with Gasteiger partial charge in [0.05, 0.1) is 0 Å². The highest BCUT2D eigenvalue weighted by molar-refractivity contribution is 7.98. The first-order valence-electron chi connectivity index (χ1n) is 5.31. The molecule has 0 atom stereocenters. The number of nitrogens with two attached hydrogens (primary N) is 1. The molecule has 2 aromatic rings. The van der Waals surface area contributed by atoms with Gasteiger partial charge in [-0.2, -0.15) is 0 Å². The fourth-order valence-electron chi connectivity index (χ4n) is 1.41. The van der Waals surface area contributed by atoms with Crippen molar-refractivity contribution < 1.29 is 4.79 Å². The summed E-state index contributed by atoms with van der Waals surface area (Å²) in [6.07, 6.45) is 3.31. The van der Waals surface area contributed by atoms with Crippen molar-refractivity contribution in [3.63, 3.8) is 0 Å². The summed E-state index contributed by atoms with van der Waals surface area (Å²) in [6.45, 7) is 0. The number of aromatic nitrogens is 3. The molecule has 0 spiro atoms. The molecule has 0 radical (unpaired) electrons. The van der Waals surface area contributed by atoms with Crippen molar-refractivity contribution in [1.29, 1.82) is 0 Å². The molecule has 9 heteroatoms. The lowest BCUT2D eigenvalue weighted by atomic mass is 10.3. The Morgan fingerprint density at radius 3 is 2.75 bits per heavy atom. The number of hydrogen-bond donors (Lipinski definition) is 2. The number of halogens is 2. The minimum Gasteiger partial charge on any atom is -0.365 e. The maximum Gasteiger partial charge on any atom is 0.255 e. The largest absolute Gasteiger partial charge is 0.365 e. The molecular weight excluding hydrogens is 321 g/mol. The van der Waals surface area contributed by atoms with Crippen LogP contribution in [0.2, 0.25) is 10.2 Å². The number of rotatable bonds is 4. The third kappa shape index (κ3) is 3.30. The Labute approximate surface area is 129 Å². The number of carbonyl (C=O) groups is 1. The number of primary amides is 1. The minimum absolute atomic E-state index is 0.00578. The van der Waals surface area contributed by atoms with Crippen LogP contribution in [0.3, 0.4) is 0 Å². The van der Waals surface area contributed by atoms with Gasteiger partial charge in [0.25, 0.3) is 5.91 Å². The Kier molecular flexibility index (Phi) is 4.64. The molecule has 2 aromatic heterocycles. The molecule has 0 saturated carbocycles. The van der Waals surface area contributed by atoms with Crippen molar-refractivity contribution in [3.8, 4) is 0 Å². The van der Waals surface area contributed by atoms with E-state index in [0.717, 1.165) is 0 Å². The van der Waals surface area contributed by atoms with Crippen molar-refractivity contribution in [1.82, 2.24) is 15.0 Å². The molecule has 0 bridgehead atoms. The molecule has 20 heavy (non-hydrogen) atoms. The zero-order valence-electron chi connectivity index (χ0n) is 10.2. The van der Waals surface area contributed by atoms with Gasteiger partial charge in [-0.15, -0.1) is 0 Å². The minimum atomic E-state index is -0.729. The molecular formula is C11H9Cl2N5OS. The monoisotopic (exact) mass is 329 g/mol. The maximum atomic E-state index is 11.5. The summed E-state index contributed by atoms with van der Waals surface area (Å²) in [5, 5.41) is 3.75. The van der Waals surface area contributed by atoms with Gasteiger partial charge in [-0.1, -0.05) is 35.0 Å². The highest BCUT2D eigenvalue weighted by Crippen LogP contribution is 2.26. The summed E-state index contributed by atoms with van der Waals surface area (Å²) in [5.41, 5.74) is 5.30. The van der Waals surface area contributed by atoms with E-state index in [4.69, 9.17) is 28.9 Å². The third-order valence-corrected chi connectivity index (χ3v) is 3.30. The Balaban J connectivity index is 2.48. The van der Waals surface area contributed by atoms with Crippen molar-refractivity contribution in [3.05, 3.63) is 34.1 Å². The van der Waals surface area contributed by atoms with Crippen LogP contribution < -0.4 is 11.1 Å². The van der Waals surface area contributed by atoms with Gasteiger partial charge in [-0.05, 0) is 18.4 Å². The lowest BCUT2D eigenvalue weighted by Gasteiger charge is -2.10. The fraction of sp³-hybridized carbons (Fsp3) is 0.0909. The second-order valence-corrected chi connectivity index (χ2v) is 5.14. The Hall–Kier alpha value is -1.57. The van der Waals surface area contributed by atoms with Gasteiger partial charge in [-0.3, -0.25) is 4.79 Å². The van der Waals surface area contributed by atoms with E-state index in [1.165, 1.54) is 18.0 Å². The summed E-state index contributed by atoms with van der Waals surface area (Å²) in [7, 11) is 0. The number of nitrogens with one attached hydrogen (secondary N) is 1. The number of thioether (sulfide) groups is 1. The average Bonchev–Trinajstić information content (AvgIpc) is 2.37. The summed E-state index contributed by atoms with van der Waals surface area (Å²) in [6, 6.07) is 3.21. The number of carbonyl (C=O) groups excluding carboxylic acids is 1. The molecule has 0 aliphatic carbocycles. The third-order valence-electron chi connectivity index (χ3n) is 2.24. The Bertz CT molecular complexity index is 667. The van der Waals surface area contributed by atoms with Gasteiger partial charge in [-0.25, -0.2) is 15.0 Å². The predicted molar refractivity (Wildman–Crippen MR) is 79.9 cm³/mol. The van der Waals surface area contributed by atoms with Gasteiger partial charge in [0.2, 0.25) is 0 Å². The van der Waals surface area contributed by atoms with Crippen LogP contribution in [0, 0.1) is 0 Å². The predicted octanol–water partition coefficient (Wildman–Crippen LogP) is 2.74. The van der Waals surface area contributed by atoms with E-state index in [1.54, 1.807) is 18.4 Å². The number of amides is 1. The average molecular weight is 330 g/mol. The molecule has 6 nitrogen and oxygen atoms in total. The van der Waals surface area contributed by atoms with Crippen molar-refractivity contribution in [2.45, 2.75) is 5.16 Å². The van der Waals surface area contributed by atoms with Crippen LogP contribution in [-0.2, 0) is 0 Å². The molecule has 104 valence electrons. The lowest BCUT2D eigenvalue weighted by molar-refractivity contribution is 0.100. The van der Waals surface area contributed by atoms with Crippen LogP contribution in [-0.4, -0.2) is 27.1 Å². The molecule has 0 fully saturated rings. The standard InChI is InChI=1S/C11H9Cl2N5OS/c1-20-11-17-8(13)7(9(14)19)10(18-11)16-6-4-5(12)2-3-15-6/h2-4H,1H3,(H2,14,19)(H,15,16,17,18). The van der Waals surface area contributed by atoms with Crippen LogP contribution in [0.25, 0.3) is 0 Å². The van der Waals surface area contributed by atoms with Crippen LogP contribution in [0.15, 0.2) is 23.5 Å². The van der Waals surface area contributed by atoms with Gasteiger partial charge in [0, 0.05) is 11.2 Å². The van der Waals surface area contributed by atoms with E-state index < -0.39 is 5.91 Å². The molecule has 0 aliphatic heterocycles. The highest BCUT2D eigenvalue weighted by Gasteiger charge is 2.18. The van der Waals surface area contributed by atoms with Crippen LogP contribution in [0.1, 0.15) is 10.4 Å². The quantitative estimate of drug-likeness (QED) is 0.509. The van der Waals surface area contributed by atoms with E-state index in [2.05, 4.69) is 20.3 Å². The zero-order chi connectivity index (χ0) is 14.7. The van der Waals surface area contributed by atoms with Crippen LogP contribution >= 0.6 is 35.0 Å². The molecule has 3 N–H and O–H groups in total. The second-order valence-electron chi connectivity index (χ2n) is 3.57. The number of pyridine rings is 1. The maximum absolute atomic E-state index is 11.5. The first-order valence-corrected chi connectivity index (χ1v) is 7.29. The van der Waals surface area contributed by atoms with Crippen molar-refractivity contribution in [2.75, 3.05) is 11.6 Å². The molecule has 0 saturated heterocycles. The topological polar surface area (TPSA) is 93.8 Å². The molecule has 0 aliphatic rings. The van der Waals surface area contributed by atoms with E-state index >= 15 is 0 Å². The van der Waals surface area contributed by atoms with Gasteiger partial charge < -0.3 is 11.1 Å². The molecule has 2 rings (SSSR count). The van der Waals surface area contributed by atoms with E-state index in [1.807, 2.05) is 0 Å². The van der Waals surface area contributed by atoms with Gasteiger partial charge in [0.15, 0.2) is 11.0 Å². The van der Waals surface area contributed by atoms with Gasteiger partial charge >= 0.3 is 0 Å². The molecule has 0 unspecified atom stereocenters. The highest BCUT2D eigenvalue weighted by atomic mass is 35.5. The summed E-state index contributed by atoms with van der Waals surface area (Å²) < 4.78 is 0. The van der Waals surface area contributed by atoms with Crippen molar-refractivity contribution >= 4 is 52.5 Å².